The van der Waals surface area contributed by atoms with Gasteiger partial charge >= 0.3 is 0 Å². The number of aryl methyl sites for hydroxylation is 1. The number of hydrogen-bond donors (Lipinski definition) is 2. The van der Waals surface area contributed by atoms with Gasteiger partial charge in [-0.3, -0.25) is 4.79 Å². The lowest BCUT2D eigenvalue weighted by Gasteiger charge is -2.28. The monoisotopic (exact) mass is 299 g/mol. The highest BCUT2D eigenvalue weighted by molar-refractivity contribution is 5.94. The van der Waals surface area contributed by atoms with E-state index in [9.17, 15) is 4.79 Å². The third kappa shape index (κ3) is 3.54. The summed E-state index contributed by atoms with van der Waals surface area (Å²) in [5, 5.41) is 10.0. The number of rotatable bonds is 6. The molecule has 1 amide bonds. The van der Waals surface area contributed by atoms with Crippen molar-refractivity contribution >= 4 is 11.7 Å². The van der Waals surface area contributed by atoms with Crippen molar-refractivity contribution in [2.45, 2.75) is 32.2 Å². The first-order valence-corrected chi connectivity index (χ1v) is 7.75. The first kappa shape index (κ1) is 14.8. The first-order chi connectivity index (χ1) is 10.7. The van der Waals surface area contributed by atoms with Crippen LogP contribution in [-0.2, 0) is 4.79 Å². The maximum absolute atomic E-state index is 12.6. The fourth-order valence-corrected chi connectivity index (χ4v) is 2.61. The van der Waals surface area contributed by atoms with Gasteiger partial charge in [-0.1, -0.05) is 41.9 Å². The molecule has 5 heteroatoms. The zero-order valence-electron chi connectivity index (χ0n) is 12.7. The van der Waals surface area contributed by atoms with Crippen LogP contribution in [0.2, 0.25) is 0 Å². The topological polar surface area (TPSA) is 67.2 Å². The van der Waals surface area contributed by atoms with Crippen LogP contribution in [0.15, 0.2) is 40.9 Å². The number of nitrogens with one attached hydrogen (secondary N) is 2. The lowest BCUT2D eigenvalue weighted by atomic mass is 9.85. The summed E-state index contributed by atoms with van der Waals surface area (Å²) >= 11 is 0. The largest absolute Gasteiger partial charge is 0.360 e. The average molecular weight is 299 g/mol. The first-order valence-electron chi connectivity index (χ1n) is 7.75. The van der Waals surface area contributed by atoms with E-state index in [-0.39, 0.29) is 11.9 Å². The average Bonchev–Trinajstić information content (AvgIpc) is 2.87. The van der Waals surface area contributed by atoms with Crippen LogP contribution >= 0.6 is 0 Å². The second kappa shape index (κ2) is 6.75. The molecule has 1 aliphatic carbocycles. The van der Waals surface area contributed by atoms with Crippen LogP contribution in [0, 0.1) is 12.8 Å². The van der Waals surface area contributed by atoms with Gasteiger partial charge in [-0.25, -0.2) is 0 Å². The molecule has 0 radical (unpaired) electrons. The molecule has 1 heterocycles. The quantitative estimate of drug-likeness (QED) is 0.860. The van der Waals surface area contributed by atoms with E-state index in [2.05, 4.69) is 15.8 Å². The van der Waals surface area contributed by atoms with Crippen LogP contribution < -0.4 is 10.6 Å². The fourth-order valence-electron chi connectivity index (χ4n) is 2.61. The number of carbonyl (C=O) groups is 1. The third-order valence-corrected chi connectivity index (χ3v) is 4.11. The summed E-state index contributed by atoms with van der Waals surface area (Å²) in [5.41, 5.74) is 0.958. The Morgan fingerprint density at radius 2 is 2.14 bits per heavy atom. The summed E-state index contributed by atoms with van der Waals surface area (Å²) in [6, 6.07) is 11.1. The van der Waals surface area contributed by atoms with Crippen LogP contribution in [0.25, 0.3) is 0 Å². The number of benzene rings is 1. The smallest absolute Gasteiger partial charge is 0.247 e. The van der Waals surface area contributed by atoms with E-state index in [0.717, 1.165) is 12.1 Å². The number of anilines is 1. The van der Waals surface area contributed by atoms with Gasteiger partial charge in [0, 0.05) is 6.07 Å². The number of hydrogen-bond acceptors (Lipinski definition) is 4. The van der Waals surface area contributed by atoms with Crippen LogP contribution in [-0.4, -0.2) is 17.6 Å². The minimum Gasteiger partial charge on any atom is -0.360 e. The molecule has 1 aromatic heterocycles. The molecule has 0 saturated heterocycles. The van der Waals surface area contributed by atoms with Gasteiger partial charge in [0.15, 0.2) is 5.82 Å². The molecular weight excluding hydrogens is 278 g/mol. The molecule has 1 atom stereocenters. The number of carbonyl (C=O) groups excluding carboxylic acids is 1. The molecule has 1 unspecified atom stereocenters. The lowest BCUT2D eigenvalue weighted by molar-refractivity contribution is -0.118. The Morgan fingerprint density at radius 3 is 2.73 bits per heavy atom. The van der Waals surface area contributed by atoms with Gasteiger partial charge in [-0.2, -0.15) is 0 Å². The van der Waals surface area contributed by atoms with Crippen LogP contribution in [0.5, 0.6) is 0 Å². The summed E-state index contributed by atoms with van der Waals surface area (Å²) in [6.07, 6.45) is 3.80. The minimum atomic E-state index is -0.376. The highest BCUT2D eigenvalue weighted by Gasteiger charge is 2.24. The molecule has 22 heavy (non-hydrogen) atoms. The molecule has 2 N–H and O–H groups in total. The van der Waals surface area contributed by atoms with Gasteiger partial charge in [0.25, 0.3) is 0 Å². The lowest BCUT2D eigenvalue weighted by Crippen LogP contribution is -2.37. The van der Waals surface area contributed by atoms with Crippen molar-refractivity contribution in [2.24, 2.45) is 5.92 Å². The van der Waals surface area contributed by atoms with E-state index >= 15 is 0 Å². The van der Waals surface area contributed by atoms with Gasteiger partial charge < -0.3 is 15.2 Å². The maximum atomic E-state index is 12.6. The molecule has 0 spiro atoms. The summed E-state index contributed by atoms with van der Waals surface area (Å²) in [5.74, 6) is 1.70. The Bertz CT molecular complexity index is 620. The Balaban J connectivity index is 1.70. The molecule has 1 aromatic carbocycles. The molecule has 116 valence electrons. The van der Waals surface area contributed by atoms with E-state index < -0.39 is 0 Å². The third-order valence-electron chi connectivity index (χ3n) is 4.11. The highest BCUT2D eigenvalue weighted by Crippen LogP contribution is 2.26. The van der Waals surface area contributed by atoms with E-state index in [4.69, 9.17) is 4.52 Å². The zero-order valence-corrected chi connectivity index (χ0v) is 12.7. The Morgan fingerprint density at radius 1 is 1.36 bits per heavy atom. The van der Waals surface area contributed by atoms with Crippen molar-refractivity contribution in [3.8, 4) is 0 Å². The van der Waals surface area contributed by atoms with E-state index in [1.807, 2.05) is 30.3 Å². The van der Waals surface area contributed by atoms with Crippen LogP contribution in [0.4, 0.5) is 5.82 Å². The van der Waals surface area contributed by atoms with Gasteiger partial charge in [0.05, 0.1) is 0 Å². The van der Waals surface area contributed by atoms with Crippen molar-refractivity contribution < 1.29 is 9.32 Å². The van der Waals surface area contributed by atoms with Gasteiger partial charge in [-0.15, -0.1) is 0 Å². The summed E-state index contributed by atoms with van der Waals surface area (Å²) in [6.45, 7) is 2.66. The molecule has 1 aliphatic rings. The Hall–Kier alpha value is -2.14. The van der Waals surface area contributed by atoms with Gasteiger partial charge in [-0.05, 0) is 37.8 Å². The van der Waals surface area contributed by atoms with Crippen molar-refractivity contribution in [3.05, 3.63) is 47.7 Å². The molecule has 5 nitrogen and oxygen atoms in total. The van der Waals surface area contributed by atoms with Crippen LogP contribution in [0.1, 0.15) is 36.6 Å². The number of aromatic nitrogens is 1. The number of nitrogens with zero attached hydrogens (tertiary/aromatic N) is 1. The second-order valence-electron chi connectivity index (χ2n) is 5.86. The van der Waals surface area contributed by atoms with E-state index in [0.29, 0.717) is 17.5 Å². The predicted octanol–water partition coefficient (Wildman–Crippen LogP) is 3.05. The molecular formula is C17H21N3O2. The second-order valence-corrected chi connectivity index (χ2v) is 5.86. The molecule has 1 saturated carbocycles. The van der Waals surface area contributed by atoms with E-state index in [1.54, 1.807) is 13.0 Å². The Kier molecular flexibility index (Phi) is 4.53. The summed E-state index contributed by atoms with van der Waals surface area (Å²) in [7, 11) is 0. The van der Waals surface area contributed by atoms with Gasteiger partial charge in [0.2, 0.25) is 5.91 Å². The van der Waals surface area contributed by atoms with Crippen molar-refractivity contribution in [1.29, 1.82) is 0 Å². The van der Waals surface area contributed by atoms with Crippen molar-refractivity contribution in [3.63, 3.8) is 0 Å². The molecule has 3 rings (SSSR count). The predicted molar refractivity (Wildman–Crippen MR) is 84.4 cm³/mol. The van der Waals surface area contributed by atoms with Crippen molar-refractivity contribution in [2.75, 3.05) is 11.9 Å². The van der Waals surface area contributed by atoms with E-state index in [1.165, 1.54) is 19.3 Å². The summed E-state index contributed by atoms with van der Waals surface area (Å²) < 4.78 is 4.99. The SMILES string of the molecule is Cc1cc(NC(=O)C(NCC2CCC2)c2ccccc2)no1. The summed E-state index contributed by atoms with van der Waals surface area (Å²) in [4.78, 5) is 12.6. The normalized spacial score (nSPS) is 16.0. The molecule has 0 bridgehead atoms. The van der Waals surface area contributed by atoms with Gasteiger partial charge in [0.1, 0.15) is 11.8 Å². The fraction of sp³-hybridized carbons (Fsp3) is 0.412. The Labute approximate surface area is 130 Å². The van der Waals surface area contributed by atoms with Crippen molar-refractivity contribution in [1.82, 2.24) is 10.5 Å². The minimum absolute atomic E-state index is 0.112. The molecule has 0 aliphatic heterocycles. The molecule has 2 aromatic rings. The standard InChI is InChI=1S/C17H21N3O2/c1-12-10-15(20-22-12)19-17(21)16(14-8-3-2-4-9-14)18-11-13-6-5-7-13/h2-4,8-10,13,16,18H,5-7,11H2,1H3,(H,19,20,21). The maximum Gasteiger partial charge on any atom is 0.247 e. The zero-order chi connectivity index (χ0) is 15.4. The highest BCUT2D eigenvalue weighted by atomic mass is 16.5. The molecule has 1 fully saturated rings. The van der Waals surface area contributed by atoms with Crippen LogP contribution in [0.3, 0.4) is 0 Å². The number of amides is 1.